The number of thioether (sulfide) groups is 1. The van der Waals surface area contributed by atoms with Gasteiger partial charge in [-0.15, -0.1) is 0 Å². The third-order valence-corrected chi connectivity index (χ3v) is 6.19. The second kappa shape index (κ2) is 10.1. The smallest absolute Gasteiger partial charge is 0.266 e. The highest BCUT2D eigenvalue weighted by Crippen LogP contribution is 2.36. The Labute approximate surface area is 195 Å². The number of nitrogens with one attached hydrogen (secondary N) is 1. The van der Waals surface area contributed by atoms with Gasteiger partial charge in [-0.3, -0.25) is 14.5 Å². The number of hydrogen-bond donors (Lipinski definition) is 1. The first-order valence-electron chi connectivity index (χ1n) is 10.2. The van der Waals surface area contributed by atoms with Gasteiger partial charge in [0.1, 0.15) is 10.1 Å². The summed E-state index contributed by atoms with van der Waals surface area (Å²) < 4.78 is 16.7. The highest BCUT2D eigenvalue weighted by Gasteiger charge is 2.31. The van der Waals surface area contributed by atoms with Crippen molar-refractivity contribution in [3.05, 3.63) is 52.9 Å². The fraction of sp³-hybridized carbons (Fsp3) is 0.261. The van der Waals surface area contributed by atoms with Gasteiger partial charge >= 0.3 is 0 Å². The van der Waals surface area contributed by atoms with E-state index in [0.29, 0.717) is 51.7 Å². The first-order valence-corrected chi connectivity index (χ1v) is 11.4. The van der Waals surface area contributed by atoms with Crippen molar-refractivity contribution in [2.24, 2.45) is 0 Å². The van der Waals surface area contributed by atoms with E-state index < -0.39 is 0 Å². The van der Waals surface area contributed by atoms with Gasteiger partial charge in [0.2, 0.25) is 12.7 Å². The van der Waals surface area contributed by atoms with Gasteiger partial charge in [-0.2, -0.15) is 0 Å². The second-order valence-corrected chi connectivity index (χ2v) is 8.70. The molecule has 1 N–H and O–H groups in total. The van der Waals surface area contributed by atoms with Gasteiger partial charge in [0.05, 0.1) is 17.2 Å². The standard InChI is InChI=1S/C23H22N2O5S2/c1-2-28-17-7-4-3-6-16(17)24-21(26)8-5-11-25-22(27)20(32-23(25)31)13-15-9-10-18-19(12-15)30-14-29-18/h3-4,6-7,9-10,12-13H,2,5,8,11,14H2,1H3,(H,24,26)/b20-13-. The molecule has 0 aliphatic carbocycles. The van der Waals surface area contributed by atoms with Crippen molar-refractivity contribution >= 4 is 51.9 Å². The van der Waals surface area contributed by atoms with Crippen LogP contribution in [0.2, 0.25) is 0 Å². The Morgan fingerprint density at radius 1 is 1.25 bits per heavy atom. The summed E-state index contributed by atoms with van der Waals surface area (Å²) in [5, 5.41) is 2.87. The molecule has 0 bridgehead atoms. The summed E-state index contributed by atoms with van der Waals surface area (Å²) in [6.07, 6.45) is 2.55. The molecule has 0 atom stereocenters. The molecule has 0 unspecified atom stereocenters. The van der Waals surface area contributed by atoms with Crippen LogP contribution in [0, 0.1) is 0 Å². The molecule has 1 fully saturated rings. The summed E-state index contributed by atoms with van der Waals surface area (Å²) in [5.41, 5.74) is 1.47. The molecule has 0 spiro atoms. The predicted octanol–water partition coefficient (Wildman–Crippen LogP) is 4.43. The number of rotatable bonds is 8. The molecule has 32 heavy (non-hydrogen) atoms. The van der Waals surface area contributed by atoms with E-state index in [4.69, 9.17) is 26.4 Å². The zero-order chi connectivity index (χ0) is 22.5. The number of anilines is 1. The molecule has 7 nitrogen and oxygen atoms in total. The molecule has 2 amide bonds. The minimum atomic E-state index is -0.153. The molecule has 166 valence electrons. The fourth-order valence-electron chi connectivity index (χ4n) is 3.31. The van der Waals surface area contributed by atoms with Crippen LogP contribution in [-0.4, -0.2) is 41.0 Å². The van der Waals surface area contributed by atoms with Crippen molar-refractivity contribution < 1.29 is 23.8 Å². The number of nitrogens with zero attached hydrogens (tertiary/aromatic N) is 1. The normalized spacial score (nSPS) is 16.0. The molecule has 1 saturated heterocycles. The largest absolute Gasteiger partial charge is 0.492 e. The first kappa shape index (κ1) is 22.2. The SMILES string of the molecule is CCOc1ccccc1NC(=O)CCCN1C(=O)/C(=C/c2ccc3c(c2)OCO3)SC1=S. The molecule has 9 heteroatoms. The number of hydrogen-bond acceptors (Lipinski definition) is 7. The van der Waals surface area contributed by atoms with Crippen molar-refractivity contribution in [1.29, 1.82) is 0 Å². The Hall–Kier alpha value is -3.04. The van der Waals surface area contributed by atoms with Crippen LogP contribution in [0.1, 0.15) is 25.3 Å². The minimum absolute atomic E-state index is 0.140. The lowest BCUT2D eigenvalue weighted by molar-refractivity contribution is -0.122. The number of carbonyl (C=O) groups excluding carboxylic acids is 2. The third-order valence-electron chi connectivity index (χ3n) is 4.81. The van der Waals surface area contributed by atoms with Gasteiger partial charge in [-0.25, -0.2) is 0 Å². The van der Waals surface area contributed by atoms with Crippen LogP contribution in [0.25, 0.3) is 6.08 Å². The van der Waals surface area contributed by atoms with Gasteiger partial charge in [-0.05, 0) is 49.2 Å². The van der Waals surface area contributed by atoms with Crippen LogP contribution in [0.5, 0.6) is 17.2 Å². The average Bonchev–Trinajstić information content (AvgIpc) is 3.34. The van der Waals surface area contributed by atoms with Gasteiger partial charge in [0.25, 0.3) is 5.91 Å². The van der Waals surface area contributed by atoms with E-state index in [1.807, 2.05) is 43.3 Å². The number of ether oxygens (including phenoxy) is 3. The molecular weight excluding hydrogens is 448 g/mol. The third kappa shape index (κ3) is 5.05. The predicted molar refractivity (Wildman–Crippen MR) is 128 cm³/mol. The maximum absolute atomic E-state index is 12.8. The Morgan fingerprint density at radius 2 is 2.06 bits per heavy atom. The number of amides is 2. The molecule has 0 radical (unpaired) electrons. The lowest BCUT2D eigenvalue weighted by Gasteiger charge is -2.14. The van der Waals surface area contributed by atoms with E-state index >= 15 is 0 Å². The maximum Gasteiger partial charge on any atom is 0.266 e. The van der Waals surface area contributed by atoms with E-state index in [1.54, 1.807) is 17.0 Å². The van der Waals surface area contributed by atoms with Crippen LogP contribution < -0.4 is 19.5 Å². The van der Waals surface area contributed by atoms with Crippen molar-refractivity contribution in [3.63, 3.8) is 0 Å². The van der Waals surface area contributed by atoms with Crippen LogP contribution in [-0.2, 0) is 9.59 Å². The zero-order valence-corrected chi connectivity index (χ0v) is 19.1. The Bertz CT molecular complexity index is 1090. The number of benzene rings is 2. The number of thiocarbonyl (C=S) groups is 1. The average molecular weight is 471 g/mol. The highest BCUT2D eigenvalue weighted by molar-refractivity contribution is 8.26. The minimum Gasteiger partial charge on any atom is -0.492 e. The number of para-hydroxylation sites is 2. The van der Waals surface area contributed by atoms with Gasteiger partial charge in [0.15, 0.2) is 11.5 Å². The van der Waals surface area contributed by atoms with Crippen LogP contribution in [0.15, 0.2) is 47.4 Å². The van der Waals surface area contributed by atoms with Crippen molar-refractivity contribution in [2.75, 3.05) is 25.3 Å². The van der Waals surface area contributed by atoms with Crippen molar-refractivity contribution in [2.45, 2.75) is 19.8 Å². The lowest BCUT2D eigenvalue weighted by Crippen LogP contribution is -2.29. The van der Waals surface area contributed by atoms with E-state index in [-0.39, 0.29) is 25.0 Å². The zero-order valence-electron chi connectivity index (χ0n) is 17.5. The quantitative estimate of drug-likeness (QED) is 0.452. The molecule has 2 aromatic carbocycles. The maximum atomic E-state index is 12.8. The van der Waals surface area contributed by atoms with E-state index in [2.05, 4.69) is 5.32 Å². The number of fused-ring (bicyclic) bond motifs is 1. The van der Waals surface area contributed by atoms with Gasteiger partial charge < -0.3 is 19.5 Å². The summed E-state index contributed by atoms with van der Waals surface area (Å²) in [7, 11) is 0. The molecule has 0 saturated carbocycles. The van der Waals surface area contributed by atoms with E-state index in [9.17, 15) is 9.59 Å². The lowest BCUT2D eigenvalue weighted by atomic mass is 10.2. The van der Waals surface area contributed by atoms with Crippen LogP contribution in [0.4, 0.5) is 5.69 Å². The van der Waals surface area contributed by atoms with E-state index in [1.165, 1.54) is 11.8 Å². The fourth-order valence-corrected chi connectivity index (χ4v) is 4.62. The summed E-state index contributed by atoms with van der Waals surface area (Å²) in [6, 6.07) is 12.8. The molecule has 2 heterocycles. The monoisotopic (exact) mass is 470 g/mol. The van der Waals surface area contributed by atoms with Crippen LogP contribution in [0.3, 0.4) is 0 Å². The molecule has 0 aromatic heterocycles. The summed E-state index contributed by atoms with van der Waals surface area (Å²) in [5.74, 6) is 1.69. The summed E-state index contributed by atoms with van der Waals surface area (Å²) in [6.45, 7) is 2.98. The molecule has 2 aliphatic heterocycles. The van der Waals surface area contributed by atoms with Crippen molar-refractivity contribution in [1.82, 2.24) is 4.90 Å². The summed E-state index contributed by atoms with van der Waals surface area (Å²) >= 11 is 6.64. The summed E-state index contributed by atoms with van der Waals surface area (Å²) in [4.78, 5) is 27.3. The van der Waals surface area contributed by atoms with Gasteiger partial charge in [-0.1, -0.05) is 42.2 Å². The Morgan fingerprint density at radius 3 is 2.91 bits per heavy atom. The van der Waals surface area contributed by atoms with Crippen LogP contribution >= 0.6 is 24.0 Å². The molecule has 2 aromatic rings. The molecule has 4 rings (SSSR count). The van der Waals surface area contributed by atoms with Gasteiger partial charge in [0, 0.05) is 13.0 Å². The first-order chi connectivity index (χ1) is 15.5. The topological polar surface area (TPSA) is 77.1 Å². The molecule has 2 aliphatic rings. The Kier molecular flexibility index (Phi) is 6.96. The van der Waals surface area contributed by atoms with E-state index in [0.717, 1.165) is 5.56 Å². The highest BCUT2D eigenvalue weighted by atomic mass is 32.2. The second-order valence-electron chi connectivity index (χ2n) is 7.03. The Balaban J connectivity index is 1.32. The number of carbonyl (C=O) groups is 2. The van der Waals surface area contributed by atoms with Crippen molar-refractivity contribution in [3.8, 4) is 17.2 Å². The molecular formula is C23H22N2O5S2.